The quantitative estimate of drug-likeness (QED) is 0.285. The molecule has 0 fully saturated rings. The van der Waals surface area contributed by atoms with Crippen molar-refractivity contribution in [2.45, 2.75) is 40.5 Å². The zero-order valence-electron chi connectivity index (χ0n) is 15.3. The molecule has 1 aromatic heterocycles. The number of aromatic nitrogens is 1. The van der Waals surface area contributed by atoms with Crippen LogP contribution >= 0.6 is 0 Å². The fourth-order valence-corrected chi connectivity index (χ4v) is 2.66. The monoisotopic (exact) mass is 339 g/mol. The van der Waals surface area contributed by atoms with E-state index in [0.29, 0.717) is 11.5 Å². The molecule has 3 N–H and O–H groups in total. The van der Waals surface area contributed by atoms with Gasteiger partial charge in [-0.15, -0.1) is 5.10 Å². The van der Waals surface area contributed by atoms with Gasteiger partial charge in [-0.25, -0.2) is 0 Å². The van der Waals surface area contributed by atoms with Crippen molar-refractivity contribution in [3.63, 3.8) is 0 Å². The molecule has 0 atom stereocenters. The molecule has 5 nitrogen and oxygen atoms in total. The van der Waals surface area contributed by atoms with Crippen LogP contribution in [0.2, 0.25) is 0 Å². The van der Waals surface area contributed by atoms with Crippen LogP contribution < -0.4 is 5.84 Å². The minimum Gasteiger partial charge on any atom is -0.507 e. The van der Waals surface area contributed by atoms with Gasteiger partial charge in [0.25, 0.3) is 0 Å². The Hall–Kier alpha value is -2.82. The average Bonchev–Trinajstić information content (AvgIpc) is 2.60. The van der Waals surface area contributed by atoms with Gasteiger partial charge in [0.1, 0.15) is 11.5 Å². The summed E-state index contributed by atoms with van der Waals surface area (Å²) in [6.45, 7) is 11.8. The maximum absolute atomic E-state index is 10.1. The number of aryl methyl sites for hydroxylation is 4. The highest BCUT2D eigenvalue weighted by Crippen LogP contribution is 2.28. The smallest absolute Gasteiger partial charge is 0.243 e. The van der Waals surface area contributed by atoms with E-state index in [0.717, 1.165) is 46.5 Å². The lowest BCUT2D eigenvalue weighted by atomic mass is 10.0. The molecule has 0 radical (unpaired) electrons. The standard InChI is InChI=1S/C20H25N3O2/c1-6-15-10-16(8-12(3)19(15)24)14(5)25-20(23-21)17-9-13(4)22-18(7-2)11-17/h8-11,24H,5-7,21H2,1-4H3/b23-20-. The first kappa shape index (κ1) is 18.5. The summed E-state index contributed by atoms with van der Waals surface area (Å²) in [5.41, 5.74) is 4.99. The third kappa shape index (κ3) is 4.18. The van der Waals surface area contributed by atoms with Crippen molar-refractivity contribution in [3.8, 4) is 5.75 Å². The lowest BCUT2D eigenvalue weighted by Crippen LogP contribution is -2.10. The van der Waals surface area contributed by atoms with E-state index in [9.17, 15) is 5.11 Å². The van der Waals surface area contributed by atoms with Crippen LogP contribution in [0.5, 0.6) is 5.75 Å². The molecule has 5 heteroatoms. The number of hydrazone groups is 1. The minimum atomic E-state index is 0.286. The average molecular weight is 339 g/mol. The molecule has 1 aromatic carbocycles. The molecule has 2 aromatic rings. The maximum atomic E-state index is 10.1. The van der Waals surface area contributed by atoms with Crippen molar-refractivity contribution < 1.29 is 9.84 Å². The fourth-order valence-electron chi connectivity index (χ4n) is 2.66. The summed E-state index contributed by atoms with van der Waals surface area (Å²) < 4.78 is 5.84. The number of hydrogen-bond donors (Lipinski definition) is 2. The maximum Gasteiger partial charge on any atom is 0.243 e. The van der Waals surface area contributed by atoms with E-state index < -0.39 is 0 Å². The Morgan fingerprint density at radius 3 is 2.48 bits per heavy atom. The van der Waals surface area contributed by atoms with Gasteiger partial charge in [-0.3, -0.25) is 4.98 Å². The van der Waals surface area contributed by atoms with Crippen LogP contribution in [-0.2, 0) is 17.6 Å². The molecular formula is C20H25N3O2. The first-order chi connectivity index (χ1) is 11.9. The van der Waals surface area contributed by atoms with Crippen LogP contribution in [0.4, 0.5) is 0 Å². The van der Waals surface area contributed by atoms with Gasteiger partial charge < -0.3 is 15.7 Å². The fraction of sp³-hybridized carbons (Fsp3) is 0.300. The molecule has 25 heavy (non-hydrogen) atoms. The summed E-state index contributed by atoms with van der Waals surface area (Å²) >= 11 is 0. The van der Waals surface area contributed by atoms with Gasteiger partial charge in [-0.1, -0.05) is 20.4 Å². The van der Waals surface area contributed by atoms with Crippen molar-refractivity contribution in [2.75, 3.05) is 0 Å². The Balaban J connectivity index is 2.33. The lowest BCUT2D eigenvalue weighted by Gasteiger charge is -2.14. The number of nitrogens with zero attached hydrogens (tertiary/aromatic N) is 2. The lowest BCUT2D eigenvalue weighted by molar-refractivity contribution is 0.464. The number of benzene rings is 1. The zero-order chi connectivity index (χ0) is 18.6. The zero-order valence-corrected chi connectivity index (χ0v) is 15.3. The van der Waals surface area contributed by atoms with Gasteiger partial charge in [0.2, 0.25) is 5.90 Å². The number of nitrogens with two attached hydrogens (primary N) is 1. The Morgan fingerprint density at radius 2 is 1.88 bits per heavy atom. The Kier molecular flexibility index (Phi) is 5.80. The van der Waals surface area contributed by atoms with Gasteiger partial charge in [-0.2, -0.15) is 0 Å². The summed E-state index contributed by atoms with van der Waals surface area (Å²) in [6.07, 6.45) is 1.53. The van der Waals surface area contributed by atoms with E-state index in [1.807, 2.05) is 52.0 Å². The van der Waals surface area contributed by atoms with Crippen LogP contribution in [0, 0.1) is 13.8 Å². The molecule has 0 saturated heterocycles. The summed E-state index contributed by atoms with van der Waals surface area (Å²) in [5, 5.41) is 13.9. The second-order valence-corrected chi connectivity index (χ2v) is 5.96. The van der Waals surface area contributed by atoms with E-state index in [4.69, 9.17) is 10.6 Å². The molecule has 0 aliphatic rings. The van der Waals surface area contributed by atoms with E-state index in [-0.39, 0.29) is 5.90 Å². The molecule has 2 rings (SSSR count). The van der Waals surface area contributed by atoms with Gasteiger partial charge in [0.05, 0.1) is 0 Å². The van der Waals surface area contributed by atoms with Gasteiger partial charge in [0, 0.05) is 22.5 Å². The van der Waals surface area contributed by atoms with Gasteiger partial charge in [0.15, 0.2) is 0 Å². The largest absolute Gasteiger partial charge is 0.507 e. The summed E-state index contributed by atoms with van der Waals surface area (Å²) in [7, 11) is 0. The number of rotatable bonds is 5. The number of ether oxygens (including phenoxy) is 1. The third-order valence-corrected chi connectivity index (χ3v) is 4.04. The van der Waals surface area contributed by atoms with Crippen LogP contribution in [0.1, 0.15) is 47.5 Å². The third-order valence-electron chi connectivity index (χ3n) is 4.04. The van der Waals surface area contributed by atoms with Crippen LogP contribution in [0.3, 0.4) is 0 Å². The molecule has 0 amide bonds. The number of pyridine rings is 1. The predicted molar refractivity (Wildman–Crippen MR) is 101 cm³/mol. The Labute approximate surface area is 148 Å². The van der Waals surface area contributed by atoms with Crippen molar-refractivity contribution in [1.82, 2.24) is 4.98 Å². The van der Waals surface area contributed by atoms with E-state index >= 15 is 0 Å². The molecule has 0 saturated carbocycles. The van der Waals surface area contributed by atoms with Crippen molar-refractivity contribution >= 4 is 11.7 Å². The SMILES string of the molecule is C=C(O/C(=N\N)c1cc(C)nc(CC)c1)c1cc(C)c(O)c(CC)c1. The second-order valence-electron chi connectivity index (χ2n) is 5.96. The van der Waals surface area contributed by atoms with Gasteiger partial charge in [-0.05, 0) is 62.1 Å². The van der Waals surface area contributed by atoms with E-state index in [1.54, 1.807) is 0 Å². The number of aromatic hydroxyl groups is 1. The van der Waals surface area contributed by atoms with Crippen LogP contribution in [-0.4, -0.2) is 16.0 Å². The van der Waals surface area contributed by atoms with Crippen molar-refractivity contribution in [3.05, 3.63) is 64.5 Å². The highest BCUT2D eigenvalue weighted by molar-refractivity contribution is 5.97. The van der Waals surface area contributed by atoms with E-state index in [1.165, 1.54) is 0 Å². The molecule has 0 spiro atoms. The molecule has 0 unspecified atom stereocenters. The summed E-state index contributed by atoms with van der Waals surface area (Å²) in [4.78, 5) is 4.45. The second kappa shape index (κ2) is 7.83. The molecule has 0 aliphatic heterocycles. The molecule has 132 valence electrons. The Morgan fingerprint density at radius 1 is 1.16 bits per heavy atom. The van der Waals surface area contributed by atoms with Crippen LogP contribution in [0.15, 0.2) is 35.9 Å². The van der Waals surface area contributed by atoms with E-state index in [2.05, 4.69) is 16.7 Å². The highest BCUT2D eigenvalue weighted by Gasteiger charge is 2.13. The molecule has 0 aliphatic carbocycles. The summed E-state index contributed by atoms with van der Waals surface area (Å²) in [5.74, 6) is 6.57. The van der Waals surface area contributed by atoms with Crippen molar-refractivity contribution in [2.24, 2.45) is 10.9 Å². The minimum absolute atomic E-state index is 0.286. The first-order valence-corrected chi connectivity index (χ1v) is 8.35. The number of phenolic OH excluding ortho intramolecular Hbond substituents is 1. The topological polar surface area (TPSA) is 80.7 Å². The Bertz CT molecular complexity index is 826. The normalized spacial score (nSPS) is 11.4. The molecule has 0 bridgehead atoms. The number of phenols is 1. The number of hydrogen-bond acceptors (Lipinski definition) is 5. The summed E-state index contributed by atoms with van der Waals surface area (Å²) in [6, 6.07) is 7.48. The first-order valence-electron chi connectivity index (χ1n) is 8.35. The van der Waals surface area contributed by atoms with Crippen LogP contribution in [0.25, 0.3) is 5.76 Å². The molecule has 1 heterocycles. The molecular weight excluding hydrogens is 314 g/mol. The van der Waals surface area contributed by atoms with Crippen molar-refractivity contribution in [1.29, 1.82) is 0 Å². The highest BCUT2D eigenvalue weighted by atomic mass is 16.5. The predicted octanol–water partition coefficient (Wildman–Crippen LogP) is 3.84. The van der Waals surface area contributed by atoms with Gasteiger partial charge >= 0.3 is 0 Å².